The Morgan fingerprint density at radius 2 is 1.75 bits per heavy atom. The first kappa shape index (κ1) is 17.4. The summed E-state index contributed by atoms with van der Waals surface area (Å²) in [6.07, 6.45) is 1.62. The molecule has 1 fully saturated rings. The summed E-state index contributed by atoms with van der Waals surface area (Å²) in [5, 5.41) is 0.426. The second-order valence-electron chi connectivity index (χ2n) is 6.11. The molecule has 1 aliphatic rings. The van der Waals surface area contributed by atoms with Crippen LogP contribution in [-0.2, 0) is 16.6 Å². The van der Waals surface area contributed by atoms with Gasteiger partial charge in [-0.2, -0.15) is 0 Å². The number of hydrogen-bond acceptors (Lipinski definition) is 3. The van der Waals surface area contributed by atoms with Gasteiger partial charge in [0, 0.05) is 30.7 Å². The highest BCUT2D eigenvalue weighted by molar-refractivity contribution is 7.89. The van der Waals surface area contributed by atoms with E-state index in [1.165, 1.54) is 11.6 Å². The van der Waals surface area contributed by atoms with Gasteiger partial charge < -0.3 is 0 Å². The minimum atomic E-state index is -3.51. The molecule has 0 bridgehead atoms. The number of nitrogens with one attached hydrogen (secondary N) is 1. The van der Waals surface area contributed by atoms with Crippen LogP contribution >= 0.6 is 11.6 Å². The lowest BCUT2D eigenvalue weighted by Crippen LogP contribution is -2.44. The summed E-state index contributed by atoms with van der Waals surface area (Å²) in [6.45, 7) is 2.68. The van der Waals surface area contributed by atoms with E-state index in [-0.39, 0.29) is 10.9 Å². The molecule has 4 nitrogen and oxygen atoms in total. The Morgan fingerprint density at radius 3 is 2.42 bits per heavy atom. The number of likely N-dealkylation sites (tertiary alicyclic amines) is 1. The fourth-order valence-corrected chi connectivity index (χ4v) is 4.58. The van der Waals surface area contributed by atoms with Crippen molar-refractivity contribution in [3.05, 3.63) is 65.2 Å². The molecule has 0 aliphatic carbocycles. The quantitative estimate of drug-likeness (QED) is 0.885. The van der Waals surface area contributed by atoms with Crippen LogP contribution < -0.4 is 4.72 Å². The van der Waals surface area contributed by atoms with Crippen molar-refractivity contribution in [2.75, 3.05) is 13.1 Å². The number of rotatable bonds is 5. The molecular formula is C18H21ClN2O2S. The number of piperidine rings is 1. The van der Waals surface area contributed by atoms with Crippen molar-refractivity contribution in [2.45, 2.75) is 30.3 Å². The molecule has 0 unspecified atom stereocenters. The molecule has 3 rings (SSSR count). The number of benzene rings is 2. The number of halogens is 1. The summed E-state index contributed by atoms with van der Waals surface area (Å²) < 4.78 is 27.7. The van der Waals surface area contributed by atoms with Gasteiger partial charge in [0.15, 0.2) is 0 Å². The average molecular weight is 365 g/mol. The summed E-state index contributed by atoms with van der Waals surface area (Å²) >= 11 is 5.89. The summed E-state index contributed by atoms with van der Waals surface area (Å²) in [4.78, 5) is 2.58. The third-order valence-corrected chi connectivity index (χ3v) is 6.02. The van der Waals surface area contributed by atoms with E-state index in [2.05, 4.69) is 21.8 Å². The van der Waals surface area contributed by atoms with Gasteiger partial charge >= 0.3 is 0 Å². The van der Waals surface area contributed by atoms with E-state index in [4.69, 9.17) is 11.6 Å². The van der Waals surface area contributed by atoms with E-state index in [0.717, 1.165) is 32.5 Å². The highest BCUT2D eigenvalue weighted by Gasteiger charge is 2.24. The monoisotopic (exact) mass is 364 g/mol. The number of sulfonamides is 1. The van der Waals surface area contributed by atoms with Crippen molar-refractivity contribution < 1.29 is 8.42 Å². The van der Waals surface area contributed by atoms with Gasteiger partial charge in [-0.1, -0.05) is 48.0 Å². The van der Waals surface area contributed by atoms with Crippen molar-refractivity contribution >= 4 is 21.6 Å². The molecule has 0 spiro atoms. The predicted molar refractivity (Wildman–Crippen MR) is 96.5 cm³/mol. The number of hydrogen-bond donors (Lipinski definition) is 1. The summed E-state index contributed by atoms with van der Waals surface area (Å²) in [6, 6.07) is 16.7. The number of nitrogens with zero attached hydrogens (tertiary/aromatic N) is 1. The average Bonchev–Trinajstić information content (AvgIpc) is 2.57. The normalized spacial score (nSPS) is 17.0. The Hall–Kier alpha value is -1.40. The van der Waals surface area contributed by atoms with Crippen molar-refractivity contribution in [3.8, 4) is 0 Å². The van der Waals surface area contributed by atoms with Gasteiger partial charge in [-0.3, -0.25) is 4.90 Å². The topological polar surface area (TPSA) is 49.4 Å². The molecule has 128 valence electrons. The molecule has 2 aromatic carbocycles. The first-order valence-corrected chi connectivity index (χ1v) is 9.93. The van der Waals surface area contributed by atoms with E-state index in [1.807, 2.05) is 18.2 Å². The zero-order chi connectivity index (χ0) is 17.0. The SMILES string of the molecule is O=S(=O)(NC1CCN(Cc2ccccc2)CC1)c1cccc(Cl)c1. The standard InChI is InChI=1S/C18H21ClN2O2S/c19-16-7-4-8-18(13-16)24(22,23)20-17-9-11-21(12-10-17)14-15-5-2-1-3-6-15/h1-8,13,17,20H,9-12,14H2. The molecule has 0 atom stereocenters. The summed E-state index contributed by atoms with van der Waals surface area (Å²) in [5.74, 6) is 0. The Bertz CT molecular complexity index is 773. The lowest BCUT2D eigenvalue weighted by Gasteiger charge is -2.32. The van der Waals surface area contributed by atoms with E-state index in [9.17, 15) is 8.42 Å². The minimum Gasteiger partial charge on any atom is -0.299 e. The lowest BCUT2D eigenvalue weighted by molar-refractivity contribution is 0.200. The van der Waals surface area contributed by atoms with Crippen LogP contribution in [0, 0.1) is 0 Å². The zero-order valence-electron chi connectivity index (χ0n) is 13.4. The molecular weight excluding hydrogens is 344 g/mol. The maximum Gasteiger partial charge on any atom is 0.240 e. The molecule has 0 radical (unpaired) electrons. The van der Waals surface area contributed by atoms with Gasteiger partial charge in [0.25, 0.3) is 0 Å². The van der Waals surface area contributed by atoms with Gasteiger partial charge in [-0.05, 0) is 36.6 Å². The molecule has 1 N–H and O–H groups in total. The predicted octanol–water partition coefficient (Wildman–Crippen LogP) is 3.28. The van der Waals surface area contributed by atoms with Gasteiger partial charge in [0.05, 0.1) is 4.90 Å². The van der Waals surface area contributed by atoms with Crippen molar-refractivity contribution in [1.82, 2.24) is 9.62 Å². The van der Waals surface area contributed by atoms with Gasteiger partial charge in [-0.25, -0.2) is 13.1 Å². The molecule has 24 heavy (non-hydrogen) atoms. The molecule has 1 heterocycles. The van der Waals surface area contributed by atoms with Crippen LogP contribution in [0.3, 0.4) is 0 Å². The molecule has 6 heteroatoms. The molecule has 2 aromatic rings. The van der Waals surface area contributed by atoms with E-state index in [0.29, 0.717) is 5.02 Å². The lowest BCUT2D eigenvalue weighted by atomic mass is 10.1. The Balaban J connectivity index is 1.55. The maximum atomic E-state index is 12.4. The first-order valence-electron chi connectivity index (χ1n) is 8.07. The largest absolute Gasteiger partial charge is 0.299 e. The maximum absolute atomic E-state index is 12.4. The third kappa shape index (κ3) is 4.57. The van der Waals surface area contributed by atoms with E-state index in [1.54, 1.807) is 18.2 Å². The second-order valence-corrected chi connectivity index (χ2v) is 8.27. The highest BCUT2D eigenvalue weighted by Crippen LogP contribution is 2.19. The van der Waals surface area contributed by atoms with Gasteiger partial charge in [0.2, 0.25) is 10.0 Å². The fraction of sp³-hybridized carbons (Fsp3) is 0.333. The Morgan fingerprint density at radius 1 is 1.04 bits per heavy atom. The molecule has 1 aliphatic heterocycles. The van der Waals surface area contributed by atoms with Crippen LogP contribution in [0.5, 0.6) is 0 Å². The molecule has 0 aromatic heterocycles. The van der Waals surface area contributed by atoms with E-state index < -0.39 is 10.0 Å². The van der Waals surface area contributed by atoms with Crippen LogP contribution in [0.15, 0.2) is 59.5 Å². The van der Waals surface area contributed by atoms with Crippen LogP contribution in [0.4, 0.5) is 0 Å². The van der Waals surface area contributed by atoms with Gasteiger partial charge in [0.1, 0.15) is 0 Å². The van der Waals surface area contributed by atoms with Crippen LogP contribution in [0.25, 0.3) is 0 Å². The Labute approximate surface area is 148 Å². The molecule has 1 saturated heterocycles. The second kappa shape index (κ2) is 7.66. The molecule has 0 amide bonds. The van der Waals surface area contributed by atoms with Crippen molar-refractivity contribution in [1.29, 1.82) is 0 Å². The summed E-state index contributed by atoms with van der Waals surface area (Å²) in [5.41, 5.74) is 1.29. The van der Waals surface area contributed by atoms with Crippen LogP contribution in [-0.4, -0.2) is 32.4 Å². The zero-order valence-corrected chi connectivity index (χ0v) is 14.9. The Kier molecular flexibility index (Phi) is 5.56. The van der Waals surface area contributed by atoms with E-state index >= 15 is 0 Å². The van der Waals surface area contributed by atoms with Gasteiger partial charge in [-0.15, -0.1) is 0 Å². The smallest absolute Gasteiger partial charge is 0.240 e. The van der Waals surface area contributed by atoms with Crippen LogP contribution in [0.2, 0.25) is 5.02 Å². The molecule has 0 saturated carbocycles. The third-order valence-electron chi connectivity index (χ3n) is 4.26. The van der Waals surface area contributed by atoms with Crippen LogP contribution in [0.1, 0.15) is 18.4 Å². The minimum absolute atomic E-state index is 0.0268. The first-order chi connectivity index (χ1) is 11.5. The van der Waals surface area contributed by atoms with Crippen molar-refractivity contribution in [3.63, 3.8) is 0 Å². The fourth-order valence-electron chi connectivity index (χ4n) is 2.97. The summed E-state index contributed by atoms with van der Waals surface area (Å²) in [7, 11) is -3.51. The highest BCUT2D eigenvalue weighted by atomic mass is 35.5. The van der Waals surface area contributed by atoms with Crippen molar-refractivity contribution in [2.24, 2.45) is 0 Å².